The zero-order valence-corrected chi connectivity index (χ0v) is 17.8. The minimum Gasteiger partial charge on any atom is -0.406 e. The summed E-state index contributed by atoms with van der Waals surface area (Å²) in [5.74, 6) is -0.0386. The van der Waals surface area contributed by atoms with E-state index in [0.29, 0.717) is 12.2 Å². The Kier molecular flexibility index (Phi) is 8.19. The molecule has 0 amide bonds. The van der Waals surface area contributed by atoms with Crippen LogP contribution in [-0.4, -0.2) is 55.6 Å². The van der Waals surface area contributed by atoms with E-state index < -0.39 is 6.36 Å². The summed E-state index contributed by atoms with van der Waals surface area (Å²) in [4.78, 5) is 7.01. The fourth-order valence-corrected chi connectivity index (χ4v) is 3.68. The number of nitrogens with two attached hydrogens (primary N) is 1. The van der Waals surface area contributed by atoms with Gasteiger partial charge in [0.15, 0.2) is 5.96 Å². The lowest BCUT2D eigenvalue weighted by atomic mass is 9.88. The van der Waals surface area contributed by atoms with E-state index in [1.165, 1.54) is 37.1 Å². The molecule has 2 heterocycles. The summed E-state index contributed by atoms with van der Waals surface area (Å²) in [5.41, 5.74) is 6.52. The molecule has 2 fully saturated rings. The van der Waals surface area contributed by atoms with E-state index in [2.05, 4.69) is 19.9 Å². The van der Waals surface area contributed by atoms with Gasteiger partial charge in [-0.25, -0.2) is 0 Å². The molecule has 0 aliphatic carbocycles. The van der Waals surface area contributed by atoms with Gasteiger partial charge in [-0.15, -0.1) is 37.1 Å². The van der Waals surface area contributed by atoms with Crippen molar-refractivity contribution in [1.29, 1.82) is 0 Å². The molecule has 3 rings (SSSR count). The minimum atomic E-state index is -4.71. The highest BCUT2D eigenvalue weighted by molar-refractivity contribution is 14.0. The molecule has 0 aromatic heterocycles. The first-order valence-corrected chi connectivity index (χ1v) is 9.12. The molecule has 2 aliphatic rings. The van der Waals surface area contributed by atoms with Gasteiger partial charge in [-0.2, -0.15) is 0 Å². The summed E-state index contributed by atoms with van der Waals surface area (Å²) in [6.45, 7) is 4.16. The molecular formula is C18H26F3IN4O2. The van der Waals surface area contributed by atoms with Crippen molar-refractivity contribution in [2.75, 3.05) is 38.2 Å². The number of halogens is 4. The molecule has 1 aromatic rings. The molecule has 0 saturated carbocycles. The number of aliphatic imine (C=N–C) groups is 1. The molecule has 0 bridgehead atoms. The Morgan fingerprint density at radius 2 is 1.79 bits per heavy atom. The molecular weight excluding hydrogens is 488 g/mol. The van der Waals surface area contributed by atoms with E-state index in [1.807, 2.05) is 0 Å². The Labute approximate surface area is 179 Å². The molecule has 6 nitrogen and oxygen atoms in total. The SMILES string of the molecule is I.NC(=NCC1(N2CCCC2)CCOCC1)Nc1ccc(OC(F)(F)F)cc1. The Morgan fingerprint density at radius 3 is 2.36 bits per heavy atom. The highest BCUT2D eigenvalue weighted by Gasteiger charge is 2.39. The van der Waals surface area contributed by atoms with Crippen LogP contribution in [-0.2, 0) is 4.74 Å². The third-order valence-corrected chi connectivity index (χ3v) is 5.10. The third-order valence-electron chi connectivity index (χ3n) is 5.10. The number of anilines is 1. The lowest BCUT2D eigenvalue weighted by molar-refractivity contribution is -0.274. The summed E-state index contributed by atoms with van der Waals surface area (Å²) in [5, 5.41) is 2.92. The summed E-state index contributed by atoms with van der Waals surface area (Å²) >= 11 is 0. The molecule has 10 heteroatoms. The number of likely N-dealkylation sites (tertiary alicyclic amines) is 1. The van der Waals surface area contributed by atoms with Crippen LogP contribution >= 0.6 is 24.0 Å². The predicted molar refractivity (Wildman–Crippen MR) is 112 cm³/mol. The van der Waals surface area contributed by atoms with Crippen LogP contribution in [0.2, 0.25) is 0 Å². The zero-order valence-electron chi connectivity index (χ0n) is 15.5. The van der Waals surface area contributed by atoms with E-state index in [0.717, 1.165) is 39.1 Å². The fourth-order valence-electron chi connectivity index (χ4n) is 3.68. The standard InChI is InChI=1S/C18H25F3N4O2.HI/c19-18(20,21)27-15-5-3-14(4-6-15)24-16(22)23-13-17(7-11-26-12-8-17)25-9-1-2-10-25;/h3-6H,1-2,7-13H2,(H3,22,23,24);1H. The van der Waals surface area contributed by atoms with Gasteiger partial charge < -0.3 is 20.5 Å². The second kappa shape index (κ2) is 9.97. The van der Waals surface area contributed by atoms with Crippen LogP contribution in [0.25, 0.3) is 0 Å². The normalized spacial score (nSPS) is 20.5. The number of nitrogens with zero attached hydrogens (tertiary/aromatic N) is 2. The van der Waals surface area contributed by atoms with Crippen molar-refractivity contribution >= 4 is 35.6 Å². The predicted octanol–water partition coefficient (Wildman–Crippen LogP) is 3.57. The number of ether oxygens (including phenoxy) is 2. The molecule has 3 N–H and O–H groups in total. The van der Waals surface area contributed by atoms with Gasteiger partial charge in [0.2, 0.25) is 0 Å². The smallest absolute Gasteiger partial charge is 0.406 e. The van der Waals surface area contributed by atoms with Crippen molar-refractivity contribution in [3.05, 3.63) is 24.3 Å². The molecule has 0 atom stereocenters. The van der Waals surface area contributed by atoms with Gasteiger partial charge in [-0.3, -0.25) is 9.89 Å². The van der Waals surface area contributed by atoms with Crippen LogP contribution in [0, 0.1) is 0 Å². The average Bonchev–Trinajstić information content (AvgIpc) is 3.17. The maximum atomic E-state index is 12.2. The molecule has 28 heavy (non-hydrogen) atoms. The Balaban J connectivity index is 0.00000280. The minimum absolute atomic E-state index is 0. The van der Waals surface area contributed by atoms with E-state index in [1.54, 1.807) is 0 Å². The number of benzene rings is 1. The van der Waals surface area contributed by atoms with Crippen LogP contribution in [0.5, 0.6) is 5.75 Å². The van der Waals surface area contributed by atoms with Crippen molar-refractivity contribution in [3.8, 4) is 5.75 Å². The average molecular weight is 514 g/mol. The first-order valence-electron chi connectivity index (χ1n) is 9.12. The molecule has 0 unspecified atom stereocenters. The zero-order chi connectivity index (χ0) is 19.3. The monoisotopic (exact) mass is 514 g/mol. The highest BCUT2D eigenvalue weighted by Crippen LogP contribution is 2.31. The number of alkyl halides is 3. The van der Waals surface area contributed by atoms with Gasteiger partial charge >= 0.3 is 6.36 Å². The Morgan fingerprint density at radius 1 is 1.18 bits per heavy atom. The van der Waals surface area contributed by atoms with E-state index in [-0.39, 0.29) is 41.2 Å². The van der Waals surface area contributed by atoms with Gasteiger partial charge in [0.25, 0.3) is 0 Å². The van der Waals surface area contributed by atoms with Crippen LogP contribution in [0.3, 0.4) is 0 Å². The van der Waals surface area contributed by atoms with Crippen LogP contribution < -0.4 is 15.8 Å². The van der Waals surface area contributed by atoms with Crippen molar-refractivity contribution in [1.82, 2.24) is 4.90 Å². The van der Waals surface area contributed by atoms with Gasteiger partial charge in [-0.05, 0) is 63.0 Å². The lowest BCUT2D eigenvalue weighted by Gasteiger charge is -2.43. The number of rotatable bonds is 5. The quantitative estimate of drug-likeness (QED) is 0.357. The number of hydrogen-bond donors (Lipinski definition) is 2. The summed E-state index contributed by atoms with van der Waals surface area (Å²) in [6.07, 6.45) is -0.456. The van der Waals surface area contributed by atoms with Gasteiger partial charge in [-0.1, -0.05) is 0 Å². The summed E-state index contributed by atoms with van der Waals surface area (Å²) in [7, 11) is 0. The van der Waals surface area contributed by atoms with Crippen molar-refractivity contribution in [3.63, 3.8) is 0 Å². The van der Waals surface area contributed by atoms with Gasteiger partial charge in [0, 0.05) is 24.4 Å². The van der Waals surface area contributed by atoms with Gasteiger partial charge in [0.1, 0.15) is 5.75 Å². The number of guanidine groups is 1. The maximum Gasteiger partial charge on any atom is 0.573 e. The third kappa shape index (κ3) is 6.38. The second-order valence-corrected chi connectivity index (χ2v) is 6.93. The molecule has 1 aromatic carbocycles. The van der Waals surface area contributed by atoms with E-state index >= 15 is 0 Å². The topological polar surface area (TPSA) is 72.1 Å². The Hall–Kier alpha value is -1.27. The van der Waals surface area contributed by atoms with Gasteiger partial charge in [0.05, 0.1) is 6.54 Å². The van der Waals surface area contributed by atoms with Crippen molar-refractivity contribution in [2.45, 2.75) is 37.6 Å². The number of nitrogens with one attached hydrogen (secondary N) is 1. The number of hydrogen-bond acceptors (Lipinski definition) is 4. The molecule has 0 spiro atoms. The van der Waals surface area contributed by atoms with E-state index in [9.17, 15) is 13.2 Å². The first-order chi connectivity index (χ1) is 12.9. The first kappa shape index (κ1) is 23.0. The van der Waals surface area contributed by atoms with Crippen molar-refractivity contribution < 1.29 is 22.6 Å². The van der Waals surface area contributed by atoms with Crippen LogP contribution in [0.4, 0.5) is 18.9 Å². The largest absolute Gasteiger partial charge is 0.573 e. The fraction of sp³-hybridized carbons (Fsp3) is 0.611. The molecule has 2 aliphatic heterocycles. The van der Waals surface area contributed by atoms with Crippen LogP contribution in [0.15, 0.2) is 29.3 Å². The molecule has 158 valence electrons. The summed E-state index contributed by atoms with van der Waals surface area (Å²) in [6, 6.07) is 5.39. The van der Waals surface area contributed by atoms with Crippen molar-refractivity contribution in [2.24, 2.45) is 10.7 Å². The summed E-state index contributed by atoms with van der Waals surface area (Å²) < 4.78 is 46.0. The molecule has 2 saturated heterocycles. The Bertz CT molecular complexity index is 643. The lowest BCUT2D eigenvalue weighted by Crippen LogP contribution is -2.53. The van der Waals surface area contributed by atoms with Crippen LogP contribution in [0.1, 0.15) is 25.7 Å². The highest BCUT2D eigenvalue weighted by atomic mass is 127. The molecule has 0 radical (unpaired) electrons. The second-order valence-electron chi connectivity index (χ2n) is 6.93. The van der Waals surface area contributed by atoms with E-state index in [4.69, 9.17) is 10.5 Å². The maximum absolute atomic E-state index is 12.2.